The average molecular weight is 406 g/mol. The molecule has 0 heterocycles. The van der Waals surface area contributed by atoms with E-state index >= 15 is 0 Å². The van der Waals surface area contributed by atoms with Crippen LogP contribution in [0.2, 0.25) is 0 Å². The summed E-state index contributed by atoms with van der Waals surface area (Å²) in [6, 6.07) is 3.62. The molecule has 9 nitrogen and oxygen atoms in total. The summed E-state index contributed by atoms with van der Waals surface area (Å²) in [5.74, 6) is -2.24. The topological polar surface area (TPSA) is 243 Å². The second-order valence-corrected chi connectivity index (χ2v) is 3.41. The number of carboxylic acids is 1. The number of Topliss-reactive ketones (excluding diaryl/α,β-unsaturated/α-hetero) is 1. The van der Waals surface area contributed by atoms with E-state index in [9.17, 15) is 9.59 Å². The van der Waals surface area contributed by atoms with Gasteiger partial charge in [0.2, 0.25) is 0 Å². The molecular formula is C11H30Na3O9P. The second-order valence-electron chi connectivity index (χ2n) is 3.41. The van der Waals surface area contributed by atoms with Crippen molar-refractivity contribution in [2.24, 2.45) is 0 Å². The summed E-state index contributed by atoms with van der Waals surface area (Å²) >= 11 is 0. The third kappa shape index (κ3) is 18.3. The van der Waals surface area contributed by atoms with E-state index in [0.717, 1.165) is 16.7 Å². The maximum Gasteiger partial charge on any atom is 1.00 e. The predicted molar refractivity (Wildman–Crippen MR) is 88.7 cm³/mol. The van der Waals surface area contributed by atoms with Crippen molar-refractivity contribution >= 4 is 21.7 Å². The third-order valence-corrected chi connectivity index (χ3v) is 2.10. The Hall–Kier alpha value is 1.55. The molecule has 0 bridgehead atoms. The van der Waals surface area contributed by atoms with E-state index in [2.05, 4.69) is 0 Å². The van der Waals surface area contributed by atoms with Gasteiger partial charge in [0.1, 0.15) is 0 Å². The minimum absolute atomic E-state index is 0. The molecule has 0 amide bonds. The fraction of sp³-hybridized carbons (Fsp3) is 0.273. The van der Waals surface area contributed by atoms with Crippen molar-refractivity contribution in [1.82, 2.24) is 0 Å². The Labute approximate surface area is 215 Å². The Balaban J connectivity index is -0.0000000137. The van der Waals surface area contributed by atoms with Crippen molar-refractivity contribution in [3.8, 4) is 0 Å². The Kier molecular flexibility index (Phi) is 77.8. The van der Waals surface area contributed by atoms with E-state index in [1.54, 1.807) is 13.8 Å². The number of rotatable bonds is 2. The normalized spacial score (nSPS) is 5.79. The molecule has 0 aliphatic heterocycles. The molecule has 0 spiro atoms. The van der Waals surface area contributed by atoms with E-state index in [0.29, 0.717) is 5.56 Å². The Bertz CT molecular complexity index is 424. The molecule has 1 atom stereocenters. The molecule has 0 aromatic heterocycles. The van der Waals surface area contributed by atoms with E-state index in [1.165, 1.54) is 0 Å². The monoisotopic (exact) mass is 406 g/mol. The van der Waals surface area contributed by atoms with Crippen molar-refractivity contribution in [1.29, 1.82) is 0 Å². The fourth-order valence-corrected chi connectivity index (χ4v) is 1.65. The van der Waals surface area contributed by atoms with Crippen LogP contribution in [0.25, 0.3) is 0 Å². The van der Waals surface area contributed by atoms with Gasteiger partial charge in [-0.2, -0.15) is 9.90 Å². The molecule has 13 N–H and O–H groups in total. The molecule has 1 rings (SSSR count). The number of ketones is 1. The van der Waals surface area contributed by atoms with Gasteiger partial charge in [0.15, 0.2) is 0 Å². The minimum Gasteiger partial charge on any atom is -1.00 e. The first kappa shape index (κ1) is 63.7. The van der Waals surface area contributed by atoms with Gasteiger partial charge >= 0.3 is 94.6 Å². The number of aliphatic carboxylic acids is 1. The maximum absolute atomic E-state index is 11.3. The van der Waals surface area contributed by atoms with Gasteiger partial charge in [-0.05, 0) is 31.9 Å². The van der Waals surface area contributed by atoms with Crippen LogP contribution in [0.4, 0.5) is 0 Å². The SMILES string of the molecule is Cc1cc(C)c(C(=O)C(=O)O)c(C)c1.O.O.O.O.O.O.P.[H-].[H-].[H-].[Na+].[Na+].[Na+]. The predicted octanol–water partition coefficient (Wildman–Crippen LogP) is -11.7. The number of carboxylic acid groups (broad SMARTS) is 1. The summed E-state index contributed by atoms with van der Waals surface area (Å²) in [5, 5.41) is 8.60. The van der Waals surface area contributed by atoms with Gasteiger partial charge in [0.25, 0.3) is 5.78 Å². The maximum atomic E-state index is 11.3. The molecular weight excluding hydrogens is 376 g/mol. The Morgan fingerprint density at radius 3 is 1.25 bits per heavy atom. The summed E-state index contributed by atoms with van der Waals surface area (Å²) < 4.78 is 0. The van der Waals surface area contributed by atoms with E-state index in [-0.39, 0.29) is 136 Å². The molecule has 0 fully saturated rings. The van der Waals surface area contributed by atoms with Crippen LogP contribution in [0.5, 0.6) is 0 Å². The number of hydrogen-bond acceptors (Lipinski definition) is 2. The molecule has 0 saturated carbocycles. The number of hydrogen-bond donors (Lipinski definition) is 1. The molecule has 0 saturated heterocycles. The van der Waals surface area contributed by atoms with Gasteiger partial charge in [-0.1, -0.05) is 17.7 Å². The zero-order chi connectivity index (χ0) is 10.9. The number of benzene rings is 1. The van der Waals surface area contributed by atoms with Crippen LogP contribution < -0.4 is 88.7 Å². The first-order valence-electron chi connectivity index (χ1n) is 4.29. The van der Waals surface area contributed by atoms with Crippen LogP contribution in [-0.2, 0) is 4.79 Å². The van der Waals surface area contributed by atoms with Gasteiger partial charge in [-0.25, -0.2) is 4.79 Å². The van der Waals surface area contributed by atoms with Crippen LogP contribution in [0.3, 0.4) is 0 Å². The molecule has 1 aromatic carbocycles. The summed E-state index contributed by atoms with van der Waals surface area (Å²) in [4.78, 5) is 21.8. The minimum atomic E-state index is -1.40. The molecule has 24 heavy (non-hydrogen) atoms. The Morgan fingerprint density at radius 1 is 0.792 bits per heavy atom. The first-order valence-corrected chi connectivity index (χ1v) is 4.29. The Morgan fingerprint density at radius 2 is 1.04 bits per heavy atom. The first-order chi connectivity index (χ1) is 6.43. The van der Waals surface area contributed by atoms with E-state index in [1.807, 2.05) is 19.1 Å². The summed E-state index contributed by atoms with van der Waals surface area (Å²) in [6.45, 7) is 5.40. The van der Waals surface area contributed by atoms with Crippen molar-refractivity contribution in [2.75, 3.05) is 0 Å². The standard InChI is InChI=1S/C11H12O3.3Na.6H2O.H3P.3H/c1-6-4-7(2)9(8(3)5-6)10(12)11(13)14;;;;;;;;;;;;;/h4-5H,1-3H3,(H,13,14);;;;6*1H2;1H3;;;/q;3*+1;;;;;;;;3*-1. The van der Waals surface area contributed by atoms with E-state index < -0.39 is 11.8 Å². The summed E-state index contributed by atoms with van der Waals surface area (Å²) in [6.07, 6.45) is 0. The van der Waals surface area contributed by atoms with E-state index in [4.69, 9.17) is 5.11 Å². The second kappa shape index (κ2) is 29.3. The number of carbonyl (C=O) groups excluding carboxylic acids is 1. The zero-order valence-electron chi connectivity index (χ0n) is 18.1. The number of carbonyl (C=O) groups is 2. The van der Waals surface area contributed by atoms with Crippen molar-refractivity contribution in [2.45, 2.75) is 20.8 Å². The molecule has 0 aliphatic rings. The molecule has 13 heteroatoms. The largest absolute Gasteiger partial charge is 1.00 e. The average Bonchev–Trinajstić information content (AvgIpc) is 2.01. The summed E-state index contributed by atoms with van der Waals surface area (Å²) in [7, 11) is 0. The molecule has 136 valence electrons. The van der Waals surface area contributed by atoms with Crippen LogP contribution in [0.15, 0.2) is 12.1 Å². The zero-order valence-corrected chi connectivity index (χ0v) is 22.5. The van der Waals surface area contributed by atoms with Crippen LogP contribution in [0.1, 0.15) is 31.3 Å². The van der Waals surface area contributed by atoms with Crippen LogP contribution in [-0.4, -0.2) is 49.7 Å². The fourth-order valence-electron chi connectivity index (χ4n) is 1.65. The van der Waals surface area contributed by atoms with Gasteiger partial charge in [-0.15, -0.1) is 0 Å². The summed E-state index contributed by atoms with van der Waals surface area (Å²) in [5.41, 5.74) is 2.77. The van der Waals surface area contributed by atoms with Gasteiger partial charge < -0.3 is 42.2 Å². The van der Waals surface area contributed by atoms with Gasteiger partial charge in [0, 0.05) is 5.56 Å². The van der Waals surface area contributed by atoms with Gasteiger partial charge in [-0.3, -0.25) is 4.79 Å². The molecule has 1 unspecified atom stereocenters. The quantitative estimate of drug-likeness (QED) is 0.218. The van der Waals surface area contributed by atoms with Crippen molar-refractivity contribution in [3.05, 3.63) is 34.4 Å². The third-order valence-electron chi connectivity index (χ3n) is 2.10. The van der Waals surface area contributed by atoms with Crippen molar-refractivity contribution < 1.29 is 141 Å². The number of aryl methyl sites for hydroxylation is 3. The van der Waals surface area contributed by atoms with Crippen LogP contribution in [0, 0.1) is 20.8 Å². The van der Waals surface area contributed by atoms with Crippen molar-refractivity contribution in [3.63, 3.8) is 0 Å². The molecule has 1 aromatic rings. The molecule has 0 radical (unpaired) electrons. The van der Waals surface area contributed by atoms with Crippen LogP contribution >= 0.6 is 9.90 Å². The van der Waals surface area contributed by atoms with Gasteiger partial charge in [0.05, 0.1) is 0 Å². The smallest absolute Gasteiger partial charge is 1.00 e. The molecule has 0 aliphatic carbocycles.